The van der Waals surface area contributed by atoms with Gasteiger partial charge in [-0.05, 0) is 56.2 Å². The van der Waals surface area contributed by atoms with E-state index in [1.54, 1.807) is 0 Å². The summed E-state index contributed by atoms with van der Waals surface area (Å²) in [7, 11) is 0. The van der Waals surface area contributed by atoms with Gasteiger partial charge >= 0.3 is 0 Å². The first-order valence-corrected chi connectivity index (χ1v) is 8.32. The Hall–Kier alpha value is -2.00. The van der Waals surface area contributed by atoms with E-state index in [1.165, 1.54) is 5.56 Å². The third-order valence-electron chi connectivity index (χ3n) is 4.11. The third-order valence-corrected chi connectivity index (χ3v) is 4.35. The topological polar surface area (TPSA) is 27.1 Å². The first-order chi connectivity index (χ1) is 11.1. The first-order valence-electron chi connectivity index (χ1n) is 7.94. The number of imidazole rings is 1. The molecule has 1 unspecified atom stereocenters. The lowest BCUT2D eigenvalue weighted by molar-refractivity contribution is 0.285. The van der Waals surface area contributed by atoms with Crippen molar-refractivity contribution in [2.75, 3.05) is 0 Å². The lowest BCUT2D eigenvalue weighted by atomic mass is 10.2. The van der Waals surface area contributed by atoms with Crippen LogP contribution in [0.2, 0.25) is 5.02 Å². The number of nitrogens with zero attached hydrogens (tertiary/aromatic N) is 2. The van der Waals surface area contributed by atoms with Crippen molar-refractivity contribution in [3.63, 3.8) is 0 Å². The summed E-state index contributed by atoms with van der Waals surface area (Å²) in [4.78, 5) is 4.74. The Morgan fingerprint density at radius 3 is 2.78 bits per heavy atom. The van der Waals surface area contributed by atoms with Gasteiger partial charge in [0.05, 0.1) is 11.0 Å². The van der Waals surface area contributed by atoms with Crippen LogP contribution in [0.1, 0.15) is 37.7 Å². The molecule has 0 aliphatic rings. The summed E-state index contributed by atoms with van der Waals surface area (Å²) in [5, 5.41) is 0.730. The Morgan fingerprint density at radius 2 is 2.04 bits per heavy atom. The van der Waals surface area contributed by atoms with E-state index in [9.17, 15) is 0 Å². The normalized spacial score (nSPS) is 12.5. The smallest absolute Gasteiger partial charge is 0.148 e. The summed E-state index contributed by atoms with van der Waals surface area (Å²) in [5.74, 6) is 1.80. The van der Waals surface area contributed by atoms with E-state index in [0.29, 0.717) is 12.6 Å². The van der Waals surface area contributed by atoms with Gasteiger partial charge in [0.1, 0.15) is 18.2 Å². The van der Waals surface area contributed by atoms with Gasteiger partial charge in [0.25, 0.3) is 0 Å². The van der Waals surface area contributed by atoms with Gasteiger partial charge in [-0.3, -0.25) is 0 Å². The number of fused-ring (bicyclic) bond motifs is 1. The predicted molar refractivity (Wildman–Crippen MR) is 95.3 cm³/mol. The minimum Gasteiger partial charge on any atom is -0.486 e. The molecule has 0 N–H and O–H groups in total. The van der Waals surface area contributed by atoms with E-state index < -0.39 is 0 Å². The summed E-state index contributed by atoms with van der Waals surface area (Å²) >= 11 is 6.17. The molecule has 0 aliphatic carbocycles. The van der Waals surface area contributed by atoms with Gasteiger partial charge in [-0.1, -0.05) is 30.7 Å². The molecule has 0 spiro atoms. The highest BCUT2D eigenvalue weighted by Gasteiger charge is 2.15. The highest BCUT2D eigenvalue weighted by atomic mass is 35.5. The molecule has 0 fully saturated rings. The second kappa shape index (κ2) is 6.63. The van der Waals surface area contributed by atoms with E-state index in [-0.39, 0.29) is 0 Å². The molecule has 3 nitrogen and oxygen atoms in total. The van der Waals surface area contributed by atoms with Gasteiger partial charge in [-0.2, -0.15) is 0 Å². The summed E-state index contributed by atoms with van der Waals surface area (Å²) in [6.07, 6.45) is 1.02. The fraction of sp³-hybridized carbons (Fsp3) is 0.316. The van der Waals surface area contributed by atoms with E-state index >= 15 is 0 Å². The number of rotatable bonds is 5. The van der Waals surface area contributed by atoms with Crippen molar-refractivity contribution in [1.29, 1.82) is 0 Å². The quantitative estimate of drug-likeness (QED) is 0.614. The Morgan fingerprint density at radius 1 is 1.22 bits per heavy atom. The van der Waals surface area contributed by atoms with Crippen molar-refractivity contribution >= 4 is 22.6 Å². The second-order valence-corrected chi connectivity index (χ2v) is 6.33. The maximum atomic E-state index is 6.17. The predicted octanol–water partition coefficient (Wildman–Crippen LogP) is 5.55. The molecule has 23 heavy (non-hydrogen) atoms. The fourth-order valence-electron chi connectivity index (χ4n) is 2.75. The van der Waals surface area contributed by atoms with Crippen LogP contribution in [0, 0.1) is 6.92 Å². The van der Waals surface area contributed by atoms with Gasteiger partial charge in [0.2, 0.25) is 0 Å². The minimum absolute atomic E-state index is 0.342. The molecule has 120 valence electrons. The zero-order valence-electron chi connectivity index (χ0n) is 13.7. The third kappa shape index (κ3) is 3.35. The molecule has 3 aromatic rings. The van der Waals surface area contributed by atoms with Crippen LogP contribution in [0.4, 0.5) is 0 Å². The number of benzene rings is 2. The molecule has 0 aliphatic heterocycles. The van der Waals surface area contributed by atoms with Crippen LogP contribution < -0.4 is 4.74 Å². The van der Waals surface area contributed by atoms with Gasteiger partial charge in [0.15, 0.2) is 0 Å². The lowest BCUT2D eigenvalue weighted by Crippen LogP contribution is -2.11. The van der Waals surface area contributed by atoms with Crippen LogP contribution in [0.25, 0.3) is 11.0 Å². The average Bonchev–Trinajstić information content (AvgIpc) is 2.90. The van der Waals surface area contributed by atoms with Crippen LogP contribution in [0.5, 0.6) is 5.75 Å². The van der Waals surface area contributed by atoms with E-state index in [1.807, 2.05) is 36.4 Å². The number of aromatic nitrogens is 2. The van der Waals surface area contributed by atoms with Gasteiger partial charge in [0, 0.05) is 11.1 Å². The summed E-state index contributed by atoms with van der Waals surface area (Å²) < 4.78 is 8.18. The fourth-order valence-corrected chi connectivity index (χ4v) is 2.91. The molecule has 0 radical (unpaired) electrons. The second-order valence-electron chi connectivity index (χ2n) is 5.89. The van der Waals surface area contributed by atoms with Crippen molar-refractivity contribution in [2.24, 2.45) is 0 Å². The van der Waals surface area contributed by atoms with Gasteiger partial charge in [-0.15, -0.1) is 0 Å². The van der Waals surface area contributed by atoms with Crippen molar-refractivity contribution in [2.45, 2.75) is 39.8 Å². The lowest BCUT2D eigenvalue weighted by Gasteiger charge is -2.16. The molecular weight excluding hydrogens is 308 g/mol. The summed E-state index contributed by atoms with van der Waals surface area (Å²) in [5.41, 5.74) is 3.21. The standard InChI is InChI=1S/C19H21ClN2O/c1-4-14(3)22-18-11-15(20)8-9-17(18)21-19(22)12-23-16-7-5-6-13(2)10-16/h5-11,14H,4,12H2,1-3H3. The van der Waals surface area contributed by atoms with E-state index in [0.717, 1.165) is 34.1 Å². The molecule has 1 aromatic heterocycles. The summed E-state index contributed by atoms with van der Waals surface area (Å²) in [6, 6.07) is 14.2. The maximum Gasteiger partial charge on any atom is 0.148 e. The molecule has 0 amide bonds. The molecule has 4 heteroatoms. The molecule has 0 saturated carbocycles. The van der Waals surface area contributed by atoms with Crippen LogP contribution in [0.15, 0.2) is 42.5 Å². The van der Waals surface area contributed by atoms with Crippen molar-refractivity contribution in [3.8, 4) is 5.75 Å². The molecule has 2 aromatic carbocycles. The summed E-state index contributed by atoms with van der Waals surface area (Å²) in [6.45, 7) is 6.87. The number of hydrogen-bond donors (Lipinski definition) is 0. The molecule has 0 saturated heterocycles. The van der Waals surface area contributed by atoms with Gasteiger partial charge < -0.3 is 9.30 Å². The van der Waals surface area contributed by atoms with Gasteiger partial charge in [-0.25, -0.2) is 4.98 Å². The molecular formula is C19H21ClN2O. The van der Waals surface area contributed by atoms with Crippen molar-refractivity contribution < 1.29 is 4.74 Å². The average molecular weight is 329 g/mol. The largest absolute Gasteiger partial charge is 0.486 e. The van der Waals surface area contributed by atoms with Crippen LogP contribution >= 0.6 is 11.6 Å². The van der Waals surface area contributed by atoms with E-state index in [4.69, 9.17) is 21.3 Å². The maximum absolute atomic E-state index is 6.17. The molecule has 0 bridgehead atoms. The minimum atomic E-state index is 0.342. The first kappa shape index (κ1) is 15.9. The monoisotopic (exact) mass is 328 g/mol. The molecule has 3 rings (SSSR count). The number of aryl methyl sites for hydroxylation is 1. The molecule has 1 heterocycles. The highest BCUT2D eigenvalue weighted by Crippen LogP contribution is 2.26. The van der Waals surface area contributed by atoms with Crippen LogP contribution in [0.3, 0.4) is 0 Å². The van der Waals surface area contributed by atoms with E-state index in [2.05, 4.69) is 31.4 Å². The van der Waals surface area contributed by atoms with Crippen molar-refractivity contribution in [1.82, 2.24) is 9.55 Å². The Bertz CT molecular complexity index is 825. The zero-order valence-corrected chi connectivity index (χ0v) is 14.5. The number of halogens is 1. The number of hydrogen-bond acceptors (Lipinski definition) is 2. The van der Waals surface area contributed by atoms with Crippen LogP contribution in [-0.4, -0.2) is 9.55 Å². The Labute approximate surface area is 141 Å². The van der Waals surface area contributed by atoms with Crippen LogP contribution in [-0.2, 0) is 6.61 Å². The Balaban J connectivity index is 1.96. The Kier molecular flexibility index (Phi) is 4.58. The van der Waals surface area contributed by atoms with Crippen molar-refractivity contribution in [3.05, 3.63) is 58.9 Å². The SMILES string of the molecule is CCC(C)n1c(COc2cccc(C)c2)nc2ccc(Cl)cc21. The zero-order chi connectivity index (χ0) is 16.4. The highest BCUT2D eigenvalue weighted by molar-refractivity contribution is 6.31. The number of ether oxygens (including phenoxy) is 1. The molecule has 1 atom stereocenters.